The molecular formula is C19H21FN4O. The molecule has 130 valence electrons. The molecule has 0 unspecified atom stereocenters. The highest BCUT2D eigenvalue weighted by atomic mass is 19.1. The molecule has 0 N–H and O–H groups in total. The lowest BCUT2D eigenvalue weighted by atomic mass is 10.1. The van der Waals surface area contributed by atoms with E-state index in [0.717, 1.165) is 6.42 Å². The molecule has 6 heteroatoms. The summed E-state index contributed by atoms with van der Waals surface area (Å²) < 4.78 is 12.9. The molecule has 1 aromatic carbocycles. The third-order valence-electron chi connectivity index (χ3n) is 5.06. The molecule has 2 aromatic rings. The van der Waals surface area contributed by atoms with E-state index in [2.05, 4.69) is 41.2 Å². The predicted octanol–water partition coefficient (Wildman–Crippen LogP) is 2.38. The highest BCUT2D eigenvalue weighted by Crippen LogP contribution is 2.48. The number of aromatic nitrogens is 2. The second kappa shape index (κ2) is 6.43. The summed E-state index contributed by atoms with van der Waals surface area (Å²) in [5, 5.41) is 0. The molecule has 4 rings (SSSR count). The third kappa shape index (κ3) is 3.34. The van der Waals surface area contributed by atoms with Crippen molar-refractivity contribution in [3.8, 4) is 0 Å². The number of aryl methyl sites for hydroxylation is 1. The van der Waals surface area contributed by atoms with Crippen LogP contribution >= 0.6 is 0 Å². The molecule has 1 aliphatic heterocycles. The van der Waals surface area contributed by atoms with Crippen LogP contribution in [-0.2, 0) is 4.79 Å². The van der Waals surface area contributed by atoms with Crippen molar-refractivity contribution in [1.29, 1.82) is 0 Å². The fourth-order valence-corrected chi connectivity index (χ4v) is 3.57. The Balaban J connectivity index is 1.34. The normalized spacial score (nSPS) is 22.8. The van der Waals surface area contributed by atoms with E-state index < -0.39 is 5.82 Å². The maximum Gasteiger partial charge on any atom is 0.226 e. The summed E-state index contributed by atoms with van der Waals surface area (Å²) in [6.07, 6.45) is 3.30. The zero-order valence-electron chi connectivity index (χ0n) is 14.2. The molecule has 1 aromatic heterocycles. The molecule has 2 aliphatic rings. The van der Waals surface area contributed by atoms with Crippen LogP contribution in [0.1, 0.15) is 23.5 Å². The van der Waals surface area contributed by atoms with E-state index >= 15 is 0 Å². The summed E-state index contributed by atoms with van der Waals surface area (Å²) in [5.41, 5.74) is 2.51. The Kier molecular flexibility index (Phi) is 4.11. The van der Waals surface area contributed by atoms with E-state index in [1.165, 1.54) is 23.5 Å². The number of hydrogen-bond donors (Lipinski definition) is 0. The number of nitrogens with zero attached hydrogens (tertiary/aromatic N) is 4. The van der Waals surface area contributed by atoms with Crippen molar-refractivity contribution in [2.24, 2.45) is 5.92 Å². The van der Waals surface area contributed by atoms with Gasteiger partial charge in [-0.15, -0.1) is 0 Å². The van der Waals surface area contributed by atoms with E-state index in [1.807, 2.05) is 9.80 Å². The van der Waals surface area contributed by atoms with Crippen LogP contribution in [-0.4, -0.2) is 47.0 Å². The summed E-state index contributed by atoms with van der Waals surface area (Å²) in [7, 11) is 0. The van der Waals surface area contributed by atoms with Gasteiger partial charge in [0, 0.05) is 32.1 Å². The summed E-state index contributed by atoms with van der Waals surface area (Å²) in [6, 6.07) is 8.45. The molecule has 5 nitrogen and oxygen atoms in total. The highest BCUT2D eigenvalue weighted by Gasteiger charge is 2.46. The Bertz CT molecular complexity index is 771. The Morgan fingerprint density at radius 1 is 1.16 bits per heavy atom. The predicted molar refractivity (Wildman–Crippen MR) is 92.8 cm³/mol. The first-order valence-electron chi connectivity index (χ1n) is 8.69. The van der Waals surface area contributed by atoms with Gasteiger partial charge in [0.1, 0.15) is 0 Å². The van der Waals surface area contributed by atoms with E-state index in [4.69, 9.17) is 0 Å². The maximum atomic E-state index is 12.9. The summed E-state index contributed by atoms with van der Waals surface area (Å²) >= 11 is 0. The SMILES string of the molecule is Cc1cccc([C@H]2C[C@@H]2C(=O)N2CCN(c3ncc(F)cn3)CC2)c1. The molecule has 2 fully saturated rings. The number of rotatable bonds is 3. The number of benzene rings is 1. The minimum absolute atomic E-state index is 0.121. The third-order valence-corrected chi connectivity index (χ3v) is 5.06. The van der Waals surface area contributed by atoms with Gasteiger partial charge in [0.25, 0.3) is 0 Å². The first kappa shape index (κ1) is 16.0. The molecule has 2 atom stereocenters. The lowest BCUT2D eigenvalue weighted by Gasteiger charge is -2.34. The summed E-state index contributed by atoms with van der Waals surface area (Å²) in [4.78, 5) is 24.7. The standard InChI is InChI=1S/C19H21FN4O/c1-13-3-2-4-14(9-13)16-10-17(16)18(25)23-5-7-24(8-6-23)19-21-11-15(20)12-22-19/h2-4,9,11-12,16-17H,5-8,10H2,1H3/t16-,17+/m1/s1. The van der Waals surface area contributed by atoms with Crippen LogP contribution in [0, 0.1) is 18.7 Å². The molecule has 1 aliphatic carbocycles. The average Bonchev–Trinajstić information content (AvgIpc) is 3.43. The van der Waals surface area contributed by atoms with Crippen molar-refractivity contribution >= 4 is 11.9 Å². The van der Waals surface area contributed by atoms with Gasteiger partial charge in [0.2, 0.25) is 11.9 Å². The van der Waals surface area contributed by atoms with E-state index in [0.29, 0.717) is 38.0 Å². The minimum atomic E-state index is -0.437. The number of halogens is 1. The average molecular weight is 340 g/mol. The minimum Gasteiger partial charge on any atom is -0.339 e. The molecule has 1 saturated carbocycles. The molecule has 25 heavy (non-hydrogen) atoms. The molecule has 1 amide bonds. The van der Waals surface area contributed by atoms with Gasteiger partial charge in [-0.2, -0.15) is 0 Å². The topological polar surface area (TPSA) is 49.3 Å². The van der Waals surface area contributed by atoms with E-state index in [-0.39, 0.29) is 11.8 Å². The number of amides is 1. The largest absolute Gasteiger partial charge is 0.339 e. The van der Waals surface area contributed by atoms with Gasteiger partial charge in [0.15, 0.2) is 5.82 Å². The Labute approximate surface area is 146 Å². The van der Waals surface area contributed by atoms with Gasteiger partial charge in [-0.1, -0.05) is 29.8 Å². The maximum absolute atomic E-state index is 12.9. The van der Waals surface area contributed by atoms with Gasteiger partial charge in [-0.3, -0.25) is 4.79 Å². The number of carbonyl (C=O) groups is 1. The zero-order chi connectivity index (χ0) is 17.4. The lowest BCUT2D eigenvalue weighted by Crippen LogP contribution is -2.49. The van der Waals surface area contributed by atoms with Gasteiger partial charge in [0.05, 0.1) is 12.4 Å². The lowest BCUT2D eigenvalue weighted by molar-refractivity contribution is -0.133. The fraction of sp³-hybridized carbons (Fsp3) is 0.421. The van der Waals surface area contributed by atoms with Crippen molar-refractivity contribution in [3.05, 3.63) is 53.6 Å². The molecule has 0 spiro atoms. The van der Waals surface area contributed by atoms with Crippen LogP contribution < -0.4 is 4.90 Å². The van der Waals surface area contributed by atoms with E-state index in [1.54, 1.807) is 0 Å². The second-order valence-corrected chi connectivity index (χ2v) is 6.88. The van der Waals surface area contributed by atoms with Crippen molar-refractivity contribution in [3.63, 3.8) is 0 Å². The zero-order valence-corrected chi connectivity index (χ0v) is 14.2. The van der Waals surface area contributed by atoms with Gasteiger partial charge >= 0.3 is 0 Å². The van der Waals surface area contributed by atoms with Gasteiger partial charge in [-0.25, -0.2) is 14.4 Å². The molecule has 1 saturated heterocycles. The first-order valence-corrected chi connectivity index (χ1v) is 8.69. The van der Waals surface area contributed by atoms with Gasteiger partial charge < -0.3 is 9.80 Å². The fourth-order valence-electron chi connectivity index (χ4n) is 3.57. The smallest absolute Gasteiger partial charge is 0.226 e. The van der Waals surface area contributed by atoms with Crippen molar-refractivity contribution in [2.45, 2.75) is 19.3 Å². The number of anilines is 1. The Hall–Kier alpha value is -2.50. The van der Waals surface area contributed by atoms with E-state index in [9.17, 15) is 9.18 Å². The Morgan fingerprint density at radius 3 is 2.56 bits per heavy atom. The number of piperazine rings is 1. The first-order chi connectivity index (χ1) is 12.1. The molecule has 0 bridgehead atoms. The van der Waals surface area contributed by atoms with Crippen LogP contribution in [0.4, 0.5) is 10.3 Å². The molecule has 2 heterocycles. The monoisotopic (exact) mass is 340 g/mol. The molecule has 0 radical (unpaired) electrons. The van der Waals surface area contributed by atoms with Crippen molar-refractivity contribution in [2.75, 3.05) is 31.1 Å². The van der Waals surface area contributed by atoms with Gasteiger partial charge in [-0.05, 0) is 24.8 Å². The second-order valence-electron chi connectivity index (χ2n) is 6.88. The van der Waals surface area contributed by atoms with Crippen LogP contribution in [0.15, 0.2) is 36.7 Å². The van der Waals surface area contributed by atoms with Crippen molar-refractivity contribution in [1.82, 2.24) is 14.9 Å². The quantitative estimate of drug-likeness (QED) is 0.861. The summed E-state index contributed by atoms with van der Waals surface area (Å²) in [6.45, 7) is 4.77. The van der Waals surface area contributed by atoms with Crippen LogP contribution in [0.3, 0.4) is 0 Å². The molecular weight excluding hydrogens is 319 g/mol. The Morgan fingerprint density at radius 2 is 1.88 bits per heavy atom. The van der Waals surface area contributed by atoms with Crippen molar-refractivity contribution < 1.29 is 9.18 Å². The number of carbonyl (C=O) groups excluding carboxylic acids is 1. The number of hydrogen-bond acceptors (Lipinski definition) is 4. The highest BCUT2D eigenvalue weighted by molar-refractivity contribution is 5.83. The van der Waals surface area contributed by atoms with Crippen LogP contribution in [0.5, 0.6) is 0 Å². The summed E-state index contributed by atoms with van der Waals surface area (Å²) in [5.74, 6) is 0.832. The van der Waals surface area contributed by atoms with Crippen LogP contribution in [0.2, 0.25) is 0 Å². The van der Waals surface area contributed by atoms with Crippen LogP contribution in [0.25, 0.3) is 0 Å².